The average molecular weight is 408 g/mol. The number of benzene rings is 3. The van der Waals surface area contributed by atoms with E-state index in [4.69, 9.17) is 15.7 Å². The molecule has 0 aliphatic heterocycles. The van der Waals surface area contributed by atoms with E-state index in [1.54, 1.807) is 12.1 Å². The molecular weight excluding hydrogens is 390 g/mol. The maximum absolute atomic E-state index is 8.89. The SMILES string of the molecule is Cc1cc(Br)cc(C)c1Oc1ccc(N)c(Nc2ccc(C#N)cc2)c1. The van der Waals surface area contributed by atoms with Crippen LogP contribution in [0.1, 0.15) is 16.7 Å². The second kappa shape index (κ2) is 7.51. The van der Waals surface area contributed by atoms with Gasteiger partial charge in [-0.05, 0) is 73.5 Å². The van der Waals surface area contributed by atoms with Crippen molar-refractivity contribution < 1.29 is 4.74 Å². The Morgan fingerprint density at radius 2 is 1.65 bits per heavy atom. The average Bonchev–Trinajstić information content (AvgIpc) is 2.61. The van der Waals surface area contributed by atoms with E-state index in [1.165, 1.54) is 0 Å². The number of halogens is 1. The molecule has 26 heavy (non-hydrogen) atoms. The van der Waals surface area contributed by atoms with E-state index in [2.05, 4.69) is 27.3 Å². The van der Waals surface area contributed by atoms with Crippen molar-refractivity contribution in [1.82, 2.24) is 0 Å². The molecule has 0 bridgehead atoms. The van der Waals surface area contributed by atoms with Crippen LogP contribution in [0.25, 0.3) is 0 Å². The first-order valence-corrected chi connectivity index (χ1v) is 8.87. The number of anilines is 3. The predicted molar refractivity (Wildman–Crippen MR) is 109 cm³/mol. The lowest BCUT2D eigenvalue weighted by Gasteiger charge is -2.15. The molecule has 0 radical (unpaired) electrons. The van der Waals surface area contributed by atoms with Gasteiger partial charge < -0.3 is 15.8 Å². The van der Waals surface area contributed by atoms with Crippen molar-refractivity contribution >= 4 is 33.0 Å². The molecule has 130 valence electrons. The lowest BCUT2D eigenvalue weighted by atomic mass is 10.1. The van der Waals surface area contributed by atoms with Gasteiger partial charge >= 0.3 is 0 Å². The molecule has 0 atom stereocenters. The molecule has 0 aromatic heterocycles. The molecule has 0 saturated heterocycles. The zero-order valence-corrected chi connectivity index (χ0v) is 16.1. The van der Waals surface area contributed by atoms with E-state index < -0.39 is 0 Å². The molecule has 0 amide bonds. The summed E-state index contributed by atoms with van der Waals surface area (Å²) < 4.78 is 7.13. The third-order valence-corrected chi connectivity index (χ3v) is 4.42. The van der Waals surface area contributed by atoms with Crippen LogP contribution < -0.4 is 15.8 Å². The lowest BCUT2D eigenvalue weighted by molar-refractivity contribution is 0.475. The van der Waals surface area contributed by atoms with Gasteiger partial charge in [0.2, 0.25) is 0 Å². The van der Waals surface area contributed by atoms with Crippen molar-refractivity contribution in [3.8, 4) is 17.6 Å². The first kappa shape index (κ1) is 17.8. The van der Waals surface area contributed by atoms with Gasteiger partial charge in [-0.2, -0.15) is 5.26 Å². The molecule has 3 rings (SSSR count). The first-order chi connectivity index (χ1) is 12.5. The topological polar surface area (TPSA) is 71.1 Å². The van der Waals surface area contributed by atoms with E-state index in [1.807, 2.05) is 56.3 Å². The molecule has 0 spiro atoms. The summed E-state index contributed by atoms with van der Waals surface area (Å²) >= 11 is 3.50. The van der Waals surface area contributed by atoms with Gasteiger partial charge in [-0.3, -0.25) is 0 Å². The minimum atomic E-state index is 0.613. The van der Waals surface area contributed by atoms with E-state index in [-0.39, 0.29) is 0 Å². The van der Waals surface area contributed by atoms with Crippen LogP contribution >= 0.6 is 15.9 Å². The zero-order valence-electron chi connectivity index (χ0n) is 14.5. The number of aryl methyl sites for hydroxylation is 2. The fourth-order valence-electron chi connectivity index (χ4n) is 2.67. The number of nitrogens with one attached hydrogen (secondary N) is 1. The minimum Gasteiger partial charge on any atom is -0.457 e. The minimum absolute atomic E-state index is 0.613. The number of ether oxygens (including phenoxy) is 1. The van der Waals surface area contributed by atoms with Crippen LogP contribution in [0.2, 0.25) is 0 Å². The Morgan fingerprint density at radius 3 is 2.27 bits per heavy atom. The Bertz CT molecular complexity index is 968. The summed E-state index contributed by atoms with van der Waals surface area (Å²) in [4.78, 5) is 0. The van der Waals surface area contributed by atoms with Crippen LogP contribution in [0.3, 0.4) is 0 Å². The van der Waals surface area contributed by atoms with E-state index in [9.17, 15) is 0 Å². The molecular formula is C21H18BrN3O. The van der Waals surface area contributed by atoms with Crippen molar-refractivity contribution in [2.24, 2.45) is 0 Å². The summed E-state index contributed by atoms with van der Waals surface area (Å²) in [7, 11) is 0. The van der Waals surface area contributed by atoms with E-state index >= 15 is 0 Å². The van der Waals surface area contributed by atoms with Crippen LogP contribution in [0.4, 0.5) is 17.1 Å². The monoisotopic (exact) mass is 407 g/mol. The summed E-state index contributed by atoms with van der Waals surface area (Å²) in [5.41, 5.74) is 11.0. The molecule has 5 heteroatoms. The number of hydrogen-bond donors (Lipinski definition) is 2. The molecule has 3 N–H and O–H groups in total. The second-order valence-electron chi connectivity index (χ2n) is 6.03. The summed E-state index contributed by atoms with van der Waals surface area (Å²) in [5, 5.41) is 12.2. The van der Waals surface area contributed by atoms with Crippen molar-refractivity contribution in [2.45, 2.75) is 13.8 Å². The van der Waals surface area contributed by atoms with Crippen molar-refractivity contribution in [3.05, 3.63) is 75.8 Å². The third kappa shape index (κ3) is 3.98. The summed E-state index contributed by atoms with van der Waals surface area (Å²) in [6, 6.07) is 18.9. The van der Waals surface area contributed by atoms with Gasteiger partial charge in [-0.1, -0.05) is 15.9 Å². The Kier molecular flexibility index (Phi) is 5.15. The number of hydrogen-bond acceptors (Lipinski definition) is 4. The highest BCUT2D eigenvalue weighted by Gasteiger charge is 2.09. The van der Waals surface area contributed by atoms with Crippen LogP contribution in [-0.4, -0.2) is 0 Å². The molecule has 0 saturated carbocycles. The Balaban J connectivity index is 1.87. The standard InChI is InChI=1S/C21H18BrN3O/c1-13-9-16(22)10-14(2)21(13)26-18-7-8-19(24)20(11-18)25-17-5-3-15(12-23)4-6-17/h3-11,25H,24H2,1-2H3. The molecule has 3 aromatic carbocycles. The summed E-state index contributed by atoms with van der Waals surface area (Å²) in [6.07, 6.45) is 0. The number of nitrogens with zero attached hydrogens (tertiary/aromatic N) is 1. The molecule has 0 heterocycles. The Morgan fingerprint density at radius 1 is 1.00 bits per heavy atom. The zero-order chi connectivity index (χ0) is 18.7. The van der Waals surface area contributed by atoms with Crippen LogP contribution in [0, 0.1) is 25.2 Å². The Hall–Kier alpha value is -2.97. The number of nitriles is 1. The highest BCUT2D eigenvalue weighted by Crippen LogP contribution is 2.34. The fraction of sp³-hybridized carbons (Fsp3) is 0.0952. The number of nitrogens with two attached hydrogens (primary N) is 1. The molecule has 0 fully saturated rings. The number of nitrogen functional groups attached to an aromatic ring is 1. The smallest absolute Gasteiger partial charge is 0.133 e. The van der Waals surface area contributed by atoms with Gasteiger partial charge in [0.25, 0.3) is 0 Å². The van der Waals surface area contributed by atoms with Crippen LogP contribution in [0.5, 0.6) is 11.5 Å². The van der Waals surface area contributed by atoms with Gasteiger partial charge in [-0.25, -0.2) is 0 Å². The molecule has 4 nitrogen and oxygen atoms in total. The normalized spacial score (nSPS) is 10.2. The van der Waals surface area contributed by atoms with Gasteiger partial charge in [0.1, 0.15) is 11.5 Å². The summed E-state index contributed by atoms with van der Waals surface area (Å²) in [5.74, 6) is 1.53. The van der Waals surface area contributed by atoms with Gasteiger partial charge in [0.05, 0.1) is 23.0 Å². The Labute approximate surface area is 161 Å². The largest absolute Gasteiger partial charge is 0.457 e. The van der Waals surface area contributed by atoms with Crippen LogP contribution in [0.15, 0.2) is 59.1 Å². The lowest BCUT2D eigenvalue weighted by Crippen LogP contribution is -1.98. The molecule has 0 aliphatic rings. The van der Waals surface area contributed by atoms with Gasteiger partial charge in [0, 0.05) is 16.2 Å². The van der Waals surface area contributed by atoms with E-state index in [0.717, 1.165) is 32.7 Å². The fourth-order valence-corrected chi connectivity index (χ4v) is 3.35. The van der Waals surface area contributed by atoms with E-state index in [0.29, 0.717) is 17.0 Å². The van der Waals surface area contributed by atoms with Gasteiger partial charge in [-0.15, -0.1) is 0 Å². The molecule has 3 aromatic rings. The quantitative estimate of drug-likeness (QED) is 0.515. The highest BCUT2D eigenvalue weighted by atomic mass is 79.9. The second-order valence-corrected chi connectivity index (χ2v) is 6.95. The van der Waals surface area contributed by atoms with Gasteiger partial charge in [0.15, 0.2) is 0 Å². The number of rotatable bonds is 4. The third-order valence-electron chi connectivity index (χ3n) is 3.96. The maximum atomic E-state index is 8.89. The van der Waals surface area contributed by atoms with Crippen LogP contribution in [-0.2, 0) is 0 Å². The maximum Gasteiger partial charge on any atom is 0.133 e. The van der Waals surface area contributed by atoms with Crippen molar-refractivity contribution in [2.75, 3.05) is 11.1 Å². The molecule has 0 unspecified atom stereocenters. The van der Waals surface area contributed by atoms with Crippen molar-refractivity contribution in [1.29, 1.82) is 5.26 Å². The van der Waals surface area contributed by atoms with Crippen molar-refractivity contribution in [3.63, 3.8) is 0 Å². The molecule has 0 aliphatic carbocycles. The predicted octanol–water partition coefficient (Wildman–Crippen LogP) is 6.06. The highest BCUT2D eigenvalue weighted by molar-refractivity contribution is 9.10. The first-order valence-electron chi connectivity index (χ1n) is 8.07. The summed E-state index contributed by atoms with van der Waals surface area (Å²) in [6.45, 7) is 4.03.